The first-order chi connectivity index (χ1) is 11.2. The second-order valence-corrected chi connectivity index (χ2v) is 6.47. The summed E-state index contributed by atoms with van der Waals surface area (Å²) in [6.45, 7) is 5.10. The number of rotatable bonds is 5. The van der Waals surface area contributed by atoms with E-state index in [0.29, 0.717) is 12.6 Å². The van der Waals surface area contributed by atoms with Crippen molar-refractivity contribution in [1.82, 2.24) is 20.0 Å². The number of hydrogen-bond acceptors (Lipinski definition) is 3. The van der Waals surface area contributed by atoms with Crippen molar-refractivity contribution in [3.63, 3.8) is 0 Å². The first-order valence-corrected chi connectivity index (χ1v) is 8.81. The van der Waals surface area contributed by atoms with Crippen molar-refractivity contribution in [2.45, 2.75) is 32.4 Å². The molecule has 6 nitrogen and oxygen atoms in total. The van der Waals surface area contributed by atoms with Gasteiger partial charge in [0.1, 0.15) is 5.65 Å². The molecular formula is C16H23BrIN5O. The van der Waals surface area contributed by atoms with E-state index < -0.39 is 0 Å². The van der Waals surface area contributed by atoms with Crippen molar-refractivity contribution >= 4 is 51.5 Å². The Labute approximate surface area is 167 Å². The van der Waals surface area contributed by atoms with Crippen LogP contribution in [-0.4, -0.2) is 41.1 Å². The van der Waals surface area contributed by atoms with Crippen LogP contribution in [0.5, 0.6) is 0 Å². The molecule has 0 aliphatic carbocycles. The summed E-state index contributed by atoms with van der Waals surface area (Å²) < 4.78 is 8.66. The minimum Gasteiger partial charge on any atom is -0.376 e. The zero-order chi connectivity index (χ0) is 16.1. The monoisotopic (exact) mass is 507 g/mol. The quantitative estimate of drug-likeness (QED) is 0.371. The van der Waals surface area contributed by atoms with Gasteiger partial charge in [0.25, 0.3) is 0 Å². The van der Waals surface area contributed by atoms with E-state index in [-0.39, 0.29) is 24.0 Å². The van der Waals surface area contributed by atoms with Crippen molar-refractivity contribution in [3.05, 3.63) is 34.7 Å². The fraction of sp³-hybridized carbons (Fsp3) is 0.500. The van der Waals surface area contributed by atoms with Gasteiger partial charge in [-0.15, -0.1) is 24.0 Å². The molecule has 0 radical (unpaired) electrons. The summed E-state index contributed by atoms with van der Waals surface area (Å²) in [4.78, 5) is 9.19. The molecule has 0 saturated carbocycles. The number of nitrogens with zero attached hydrogens (tertiary/aromatic N) is 3. The Kier molecular flexibility index (Phi) is 7.76. The number of ether oxygens (including phenoxy) is 1. The molecule has 2 N–H and O–H groups in total. The average Bonchev–Trinajstić information content (AvgIpc) is 3.18. The molecule has 2 aromatic heterocycles. The Hall–Kier alpha value is -0.870. The number of aliphatic imine (C=N–C) groups is 1. The molecule has 0 bridgehead atoms. The molecule has 1 saturated heterocycles. The van der Waals surface area contributed by atoms with Crippen molar-refractivity contribution < 1.29 is 4.74 Å². The molecule has 1 aliphatic heterocycles. The van der Waals surface area contributed by atoms with E-state index in [1.807, 2.05) is 28.9 Å². The van der Waals surface area contributed by atoms with Crippen LogP contribution in [0.3, 0.4) is 0 Å². The van der Waals surface area contributed by atoms with Gasteiger partial charge in [0.05, 0.1) is 18.3 Å². The van der Waals surface area contributed by atoms with Gasteiger partial charge in [0.2, 0.25) is 0 Å². The summed E-state index contributed by atoms with van der Waals surface area (Å²) in [5.74, 6) is 0.807. The Morgan fingerprint density at radius 2 is 2.29 bits per heavy atom. The van der Waals surface area contributed by atoms with Crippen LogP contribution in [0.4, 0.5) is 0 Å². The summed E-state index contributed by atoms with van der Waals surface area (Å²) >= 11 is 3.47. The standard InChI is InChI=1S/C16H22BrN5O.HI/c1-2-18-16(20-9-14-4-3-7-23-14)19-8-13-11-22-10-12(17)5-6-15(22)21-13;/h5-6,10-11,14H,2-4,7-9H2,1H3,(H2,18,19,20);1H. The lowest BCUT2D eigenvalue weighted by atomic mass is 10.2. The third-order valence-corrected chi connectivity index (χ3v) is 4.20. The molecule has 1 aliphatic rings. The molecular weight excluding hydrogens is 485 g/mol. The van der Waals surface area contributed by atoms with Crippen LogP contribution in [-0.2, 0) is 11.3 Å². The predicted molar refractivity (Wildman–Crippen MR) is 110 cm³/mol. The molecule has 1 unspecified atom stereocenters. The van der Waals surface area contributed by atoms with Crippen LogP contribution >= 0.6 is 39.9 Å². The lowest BCUT2D eigenvalue weighted by molar-refractivity contribution is 0.114. The summed E-state index contributed by atoms with van der Waals surface area (Å²) in [7, 11) is 0. The van der Waals surface area contributed by atoms with Crippen LogP contribution in [0.1, 0.15) is 25.5 Å². The number of halogens is 2. The normalized spacial score (nSPS) is 17.8. The van der Waals surface area contributed by atoms with Gasteiger partial charge >= 0.3 is 0 Å². The van der Waals surface area contributed by atoms with E-state index in [2.05, 4.69) is 43.5 Å². The highest BCUT2D eigenvalue weighted by Crippen LogP contribution is 2.13. The fourth-order valence-corrected chi connectivity index (χ4v) is 2.96. The Morgan fingerprint density at radius 1 is 1.42 bits per heavy atom. The maximum Gasteiger partial charge on any atom is 0.191 e. The maximum absolute atomic E-state index is 5.63. The number of imidazole rings is 1. The molecule has 0 aromatic carbocycles. The SMILES string of the molecule is CCNC(=NCc1cn2cc(Br)ccc2n1)NCC1CCCO1.I. The van der Waals surface area contributed by atoms with Crippen molar-refractivity contribution in [1.29, 1.82) is 0 Å². The first-order valence-electron chi connectivity index (χ1n) is 8.01. The third-order valence-electron chi connectivity index (χ3n) is 3.73. The van der Waals surface area contributed by atoms with Crippen LogP contribution < -0.4 is 10.6 Å². The Bertz CT molecular complexity index is 684. The number of fused-ring (bicyclic) bond motifs is 1. The third kappa shape index (κ3) is 5.32. The highest BCUT2D eigenvalue weighted by molar-refractivity contribution is 14.0. The van der Waals surface area contributed by atoms with Gasteiger partial charge in [0, 0.05) is 36.6 Å². The highest BCUT2D eigenvalue weighted by atomic mass is 127. The zero-order valence-corrected chi connectivity index (χ0v) is 17.6. The van der Waals surface area contributed by atoms with Gasteiger partial charge in [-0.2, -0.15) is 0 Å². The largest absolute Gasteiger partial charge is 0.376 e. The van der Waals surface area contributed by atoms with Crippen molar-refractivity contribution in [2.75, 3.05) is 19.7 Å². The molecule has 1 fully saturated rings. The average molecular weight is 508 g/mol. The number of hydrogen-bond donors (Lipinski definition) is 2. The topological polar surface area (TPSA) is 63.0 Å². The minimum atomic E-state index is 0. The molecule has 3 heterocycles. The Morgan fingerprint density at radius 3 is 3.04 bits per heavy atom. The van der Waals surface area contributed by atoms with Crippen LogP contribution in [0, 0.1) is 0 Å². The van der Waals surface area contributed by atoms with Crippen molar-refractivity contribution in [3.8, 4) is 0 Å². The number of pyridine rings is 1. The smallest absolute Gasteiger partial charge is 0.191 e. The van der Waals surface area contributed by atoms with E-state index in [9.17, 15) is 0 Å². The zero-order valence-electron chi connectivity index (χ0n) is 13.7. The second kappa shape index (κ2) is 9.57. The van der Waals surface area contributed by atoms with E-state index >= 15 is 0 Å². The highest BCUT2D eigenvalue weighted by Gasteiger charge is 2.15. The maximum atomic E-state index is 5.63. The number of aromatic nitrogens is 2. The van der Waals surface area contributed by atoms with E-state index in [0.717, 1.165) is 54.3 Å². The molecule has 132 valence electrons. The van der Waals surface area contributed by atoms with Gasteiger partial charge in [-0.25, -0.2) is 9.98 Å². The molecule has 2 aromatic rings. The van der Waals surface area contributed by atoms with Gasteiger partial charge in [0.15, 0.2) is 5.96 Å². The van der Waals surface area contributed by atoms with E-state index in [1.165, 1.54) is 0 Å². The lowest BCUT2D eigenvalue weighted by Crippen LogP contribution is -2.41. The van der Waals surface area contributed by atoms with Gasteiger partial charge in [-0.3, -0.25) is 0 Å². The van der Waals surface area contributed by atoms with E-state index in [4.69, 9.17) is 4.74 Å². The lowest BCUT2D eigenvalue weighted by Gasteiger charge is -2.14. The second-order valence-electron chi connectivity index (χ2n) is 5.56. The summed E-state index contributed by atoms with van der Waals surface area (Å²) in [6, 6.07) is 3.97. The van der Waals surface area contributed by atoms with Crippen LogP contribution in [0.15, 0.2) is 34.0 Å². The Balaban J connectivity index is 0.00000208. The van der Waals surface area contributed by atoms with Crippen molar-refractivity contribution in [2.24, 2.45) is 4.99 Å². The van der Waals surface area contributed by atoms with E-state index in [1.54, 1.807) is 0 Å². The number of guanidine groups is 1. The summed E-state index contributed by atoms with van der Waals surface area (Å²) in [5, 5.41) is 6.61. The molecule has 3 rings (SSSR count). The molecule has 0 amide bonds. The van der Waals surface area contributed by atoms with Gasteiger partial charge < -0.3 is 19.8 Å². The van der Waals surface area contributed by atoms with Crippen LogP contribution in [0.25, 0.3) is 5.65 Å². The van der Waals surface area contributed by atoms with Gasteiger partial charge in [-0.1, -0.05) is 0 Å². The minimum absolute atomic E-state index is 0. The summed E-state index contributed by atoms with van der Waals surface area (Å²) in [5.41, 5.74) is 1.87. The van der Waals surface area contributed by atoms with Crippen LogP contribution in [0.2, 0.25) is 0 Å². The summed E-state index contributed by atoms with van der Waals surface area (Å²) in [6.07, 6.45) is 6.57. The van der Waals surface area contributed by atoms with Gasteiger partial charge in [-0.05, 0) is 47.8 Å². The molecule has 8 heteroatoms. The fourth-order valence-electron chi connectivity index (χ4n) is 2.61. The molecule has 1 atom stereocenters. The molecule has 24 heavy (non-hydrogen) atoms. The first kappa shape index (κ1) is 19.5. The molecule has 0 spiro atoms. The number of nitrogens with one attached hydrogen (secondary N) is 2. The predicted octanol–water partition coefficient (Wildman–Crippen LogP) is 2.95.